The summed E-state index contributed by atoms with van der Waals surface area (Å²) in [5, 5.41) is 14.6. The summed E-state index contributed by atoms with van der Waals surface area (Å²) in [5.74, 6) is 0. The van der Waals surface area contributed by atoms with Crippen molar-refractivity contribution in [3.05, 3.63) is 17.0 Å². The fourth-order valence-corrected chi connectivity index (χ4v) is 2.87. The van der Waals surface area contributed by atoms with E-state index in [0.717, 1.165) is 17.7 Å². The molecule has 1 heterocycles. The minimum Gasteiger partial charge on any atom is -0.388 e. The van der Waals surface area contributed by atoms with E-state index in [2.05, 4.69) is 16.7 Å². The lowest BCUT2D eigenvalue weighted by Gasteiger charge is -2.13. The van der Waals surface area contributed by atoms with Gasteiger partial charge in [0.1, 0.15) is 0 Å². The summed E-state index contributed by atoms with van der Waals surface area (Å²) >= 11 is 0. The number of hydrogen-bond donors (Lipinski definition) is 1. The molecule has 1 aromatic rings. The molecule has 0 radical (unpaired) electrons. The molecule has 0 saturated heterocycles. The zero-order chi connectivity index (χ0) is 11.7. The van der Waals surface area contributed by atoms with Crippen LogP contribution in [0, 0.1) is 13.8 Å². The molecular formula is C13H22N2O. The van der Waals surface area contributed by atoms with Gasteiger partial charge in [0.25, 0.3) is 0 Å². The maximum absolute atomic E-state index is 9.99. The van der Waals surface area contributed by atoms with E-state index >= 15 is 0 Å². The third kappa shape index (κ3) is 1.88. The number of aromatic nitrogens is 2. The molecule has 3 nitrogen and oxygen atoms in total. The lowest BCUT2D eigenvalue weighted by Crippen LogP contribution is -2.09. The van der Waals surface area contributed by atoms with Crippen molar-refractivity contribution >= 4 is 0 Å². The second kappa shape index (κ2) is 4.58. The monoisotopic (exact) mass is 222 g/mol. The predicted molar refractivity (Wildman–Crippen MR) is 64.5 cm³/mol. The maximum Gasteiger partial charge on any atom is 0.0823 e. The zero-order valence-corrected chi connectivity index (χ0v) is 10.5. The molecule has 16 heavy (non-hydrogen) atoms. The van der Waals surface area contributed by atoms with Gasteiger partial charge in [-0.15, -0.1) is 0 Å². The molecule has 0 amide bonds. The lowest BCUT2D eigenvalue weighted by molar-refractivity contribution is 0.172. The summed E-state index contributed by atoms with van der Waals surface area (Å²) in [6, 6.07) is 0.566. The fourth-order valence-electron chi connectivity index (χ4n) is 2.87. The molecule has 1 unspecified atom stereocenters. The van der Waals surface area contributed by atoms with Gasteiger partial charge in [0.15, 0.2) is 0 Å². The highest BCUT2D eigenvalue weighted by Gasteiger charge is 2.24. The first kappa shape index (κ1) is 11.6. The Morgan fingerprint density at radius 2 is 2.00 bits per heavy atom. The number of aryl methyl sites for hydroxylation is 1. The standard InChI is InChI=1S/C13H22N2O/c1-4-12(16)13-9(2)14-15(10(13)3)11-7-5-6-8-11/h11-12,16H,4-8H2,1-3H3. The highest BCUT2D eigenvalue weighted by molar-refractivity contribution is 5.27. The van der Waals surface area contributed by atoms with E-state index in [1.54, 1.807) is 0 Å². The van der Waals surface area contributed by atoms with Gasteiger partial charge in [0.05, 0.1) is 17.8 Å². The van der Waals surface area contributed by atoms with Crippen LogP contribution in [0.25, 0.3) is 0 Å². The van der Waals surface area contributed by atoms with Crippen LogP contribution in [0.1, 0.15) is 68.1 Å². The van der Waals surface area contributed by atoms with Crippen molar-refractivity contribution in [2.75, 3.05) is 0 Å². The second-order valence-electron chi connectivity index (χ2n) is 4.89. The van der Waals surface area contributed by atoms with Crippen molar-refractivity contribution in [3.8, 4) is 0 Å². The Hall–Kier alpha value is -0.830. The molecule has 3 heteroatoms. The number of nitrogens with zero attached hydrogens (tertiary/aromatic N) is 2. The largest absolute Gasteiger partial charge is 0.388 e. The van der Waals surface area contributed by atoms with Crippen molar-refractivity contribution < 1.29 is 5.11 Å². The van der Waals surface area contributed by atoms with Gasteiger partial charge in [-0.25, -0.2) is 0 Å². The zero-order valence-electron chi connectivity index (χ0n) is 10.5. The van der Waals surface area contributed by atoms with Crippen molar-refractivity contribution in [1.29, 1.82) is 0 Å². The van der Waals surface area contributed by atoms with Gasteiger partial charge in [-0.2, -0.15) is 5.10 Å². The summed E-state index contributed by atoms with van der Waals surface area (Å²) in [5.41, 5.74) is 3.21. The third-order valence-electron chi connectivity index (χ3n) is 3.77. The van der Waals surface area contributed by atoms with Gasteiger partial charge in [-0.05, 0) is 33.1 Å². The maximum atomic E-state index is 9.99. The molecule has 1 aromatic heterocycles. The molecule has 1 fully saturated rings. The van der Waals surface area contributed by atoms with Crippen LogP contribution in [-0.2, 0) is 0 Å². The quantitative estimate of drug-likeness (QED) is 0.853. The van der Waals surface area contributed by atoms with Crippen molar-refractivity contribution in [3.63, 3.8) is 0 Å². The molecule has 2 rings (SSSR count). The van der Waals surface area contributed by atoms with Gasteiger partial charge in [-0.1, -0.05) is 19.8 Å². The second-order valence-corrected chi connectivity index (χ2v) is 4.89. The molecule has 1 saturated carbocycles. The normalized spacial score (nSPS) is 19.2. The molecule has 0 spiro atoms. The summed E-state index contributed by atoms with van der Waals surface area (Å²) in [4.78, 5) is 0. The molecule has 1 atom stereocenters. The van der Waals surface area contributed by atoms with Gasteiger partial charge in [-0.3, -0.25) is 4.68 Å². The average molecular weight is 222 g/mol. The number of rotatable bonds is 3. The third-order valence-corrected chi connectivity index (χ3v) is 3.77. The highest BCUT2D eigenvalue weighted by Crippen LogP contribution is 2.33. The Balaban J connectivity index is 2.33. The number of hydrogen-bond acceptors (Lipinski definition) is 2. The first-order valence-electron chi connectivity index (χ1n) is 6.38. The van der Waals surface area contributed by atoms with Crippen LogP contribution in [0.3, 0.4) is 0 Å². The summed E-state index contributed by atoms with van der Waals surface area (Å²) in [7, 11) is 0. The number of aliphatic hydroxyl groups excluding tert-OH is 1. The molecule has 0 aromatic carbocycles. The van der Waals surface area contributed by atoms with E-state index in [0.29, 0.717) is 6.04 Å². The van der Waals surface area contributed by atoms with Crippen molar-refractivity contribution in [2.24, 2.45) is 0 Å². The van der Waals surface area contributed by atoms with E-state index in [9.17, 15) is 5.11 Å². The Kier molecular flexibility index (Phi) is 3.33. The SMILES string of the molecule is CCC(O)c1c(C)nn(C2CCCC2)c1C. The molecule has 1 aliphatic carbocycles. The van der Waals surface area contributed by atoms with Crippen LogP contribution in [0.2, 0.25) is 0 Å². The summed E-state index contributed by atoms with van der Waals surface area (Å²) in [6.07, 6.45) is 5.52. The molecule has 1 aliphatic rings. The average Bonchev–Trinajstić information content (AvgIpc) is 2.86. The van der Waals surface area contributed by atoms with Crippen molar-refractivity contribution in [1.82, 2.24) is 9.78 Å². The van der Waals surface area contributed by atoms with E-state index in [1.165, 1.54) is 31.4 Å². The van der Waals surface area contributed by atoms with E-state index in [4.69, 9.17) is 0 Å². The molecular weight excluding hydrogens is 200 g/mol. The number of aliphatic hydroxyl groups is 1. The summed E-state index contributed by atoms with van der Waals surface area (Å²) in [6.45, 7) is 6.11. The Morgan fingerprint density at radius 1 is 1.38 bits per heavy atom. The van der Waals surface area contributed by atoms with E-state index in [-0.39, 0.29) is 6.10 Å². The summed E-state index contributed by atoms with van der Waals surface area (Å²) < 4.78 is 2.15. The van der Waals surface area contributed by atoms with Gasteiger partial charge >= 0.3 is 0 Å². The molecule has 90 valence electrons. The first-order chi connectivity index (χ1) is 7.65. The topological polar surface area (TPSA) is 38.1 Å². The Morgan fingerprint density at radius 3 is 2.56 bits per heavy atom. The van der Waals surface area contributed by atoms with Crippen LogP contribution >= 0.6 is 0 Å². The Bertz CT molecular complexity index is 364. The minimum absolute atomic E-state index is 0.352. The van der Waals surface area contributed by atoms with E-state index < -0.39 is 0 Å². The first-order valence-corrected chi connectivity index (χ1v) is 6.38. The minimum atomic E-state index is -0.352. The molecule has 0 bridgehead atoms. The molecule has 1 N–H and O–H groups in total. The smallest absolute Gasteiger partial charge is 0.0823 e. The van der Waals surface area contributed by atoms with Gasteiger partial charge in [0.2, 0.25) is 0 Å². The Labute approximate surface area is 97.5 Å². The molecule has 0 aliphatic heterocycles. The lowest BCUT2D eigenvalue weighted by atomic mass is 10.1. The fraction of sp³-hybridized carbons (Fsp3) is 0.769. The van der Waals surface area contributed by atoms with Gasteiger partial charge < -0.3 is 5.11 Å². The highest BCUT2D eigenvalue weighted by atomic mass is 16.3. The van der Waals surface area contributed by atoms with Crippen LogP contribution in [0.4, 0.5) is 0 Å². The van der Waals surface area contributed by atoms with Crippen LogP contribution < -0.4 is 0 Å². The van der Waals surface area contributed by atoms with Crippen molar-refractivity contribution in [2.45, 2.75) is 65.0 Å². The van der Waals surface area contributed by atoms with Crippen LogP contribution in [0.15, 0.2) is 0 Å². The van der Waals surface area contributed by atoms with Crippen LogP contribution in [0.5, 0.6) is 0 Å². The van der Waals surface area contributed by atoms with Crippen LogP contribution in [-0.4, -0.2) is 14.9 Å². The van der Waals surface area contributed by atoms with Gasteiger partial charge in [0, 0.05) is 11.3 Å². The van der Waals surface area contributed by atoms with E-state index in [1.807, 2.05) is 13.8 Å². The predicted octanol–water partition coefficient (Wildman–Crippen LogP) is 3.06.